The number of aliphatic carboxylic acids is 1. The van der Waals surface area contributed by atoms with E-state index in [2.05, 4.69) is 12.0 Å². The number of carbonyl (C=O) groups is 1. The maximum absolute atomic E-state index is 11.8. The summed E-state index contributed by atoms with van der Waals surface area (Å²) in [6.07, 6.45) is 4.05. The van der Waals surface area contributed by atoms with E-state index in [0.717, 1.165) is 36.9 Å². The van der Waals surface area contributed by atoms with Crippen LogP contribution in [0, 0.1) is 18.3 Å². The molecule has 1 aliphatic carbocycles. The van der Waals surface area contributed by atoms with E-state index in [4.69, 9.17) is 11.6 Å². The fourth-order valence-electron chi connectivity index (χ4n) is 3.30. The predicted molar refractivity (Wildman–Crippen MR) is 74.4 cm³/mol. The molecule has 106 valence electrons. The second-order valence-corrected chi connectivity index (χ2v) is 6.30. The first kappa shape index (κ1) is 14.4. The van der Waals surface area contributed by atoms with Gasteiger partial charge in [0.1, 0.15) is 5.15 Å². The lowest BCUT2D eigenvalue weighted by atomic mass is 9.67. The molecule has 1 saturated carbocycles. The molecule has 5 heteroatoms. The van der Waals surface area contributed by atoms with Crippen LogP contribution in [0.5, 0.6) is 0 Å². The smallest absolute Gasteiger partial charge is 0.309 e. The Balaban J connectivity index is 2.33. The van der Waals surface area contributed by atoms with E-state index < -0.39 is 11.4 Å². The van der Waals surface area contributed by atoms with Crippen molar-refractivity contribution < 1.29 is 9.90 Å². The highest BCUT2D eigenvalue weighted by atomic mass is 35.5. The molecule has 2 rings (SSSR count). The third kappa shape index (κ3) is 2.64. The van der Waals surface area contributed by atoms with Crippen molar-refractivity contribution in [1.29, 1.82) is 0 Å². The first-order valence-electron chi connectivity index (χ1n) is 6.77. The molecule has 4 nitrogen and oxygen atoms in total. The molecule has 1 heterocycles. The van der Waals surface area contributed by atoms with Crippen molar-refractivity contribution in [1.82, 2.24) is 9.78 Å². The van der Waals surface area contributed by atoms with Crippen molar-refractivity contribution in [2.75, 3.05) is 0 Å². The number of carboxylic acid groups (broad SMARTS) is 1. The van der Waals surface area contributed by atoms with Gasteiger partial charge in [-0.3, -0.25) is 9.48 Å². The maximum Gasteiger partial charge on any atom is 0.309 e. The van der Waals surface area contributed by atoms with Gasteiger partial charge in [0, 0.05) is 12.6 Å². The monoisotopic (exact) mass is 284 g/mol. The van der Waals surface area contributed by atoms with Gasteiger partial charge in [-0.05, 0) is 32.1 Å². The SMILES string of the molecule is Cc1nn(C)c(Cl)c1CC1(C(=O)O)CCCC(C)C1. The van der Waals surface area contributed by atoms with E-state index in [-0.39, 0.29) is 0 Å². The van der Waals surface area contributed by atoms with Crippen LogP contribution in [0.2, 0.25) is 5.15 Å². The molecule has 1 N–H and O–H groups in total. The average Bonchev–Trinajstić information content (AvgIpc) is 2.56. The zero-order valence-corrected chi connectivity index (χ0v) is 12.5. The number of nitrogens with zero attached hydrogens (tertiary/aromatic N) is 2. The Morgan fingerprint density at radius 2 is 2.32 bits per heavy atom. The summed E-state index contributed by atoms with van der Waals surface area (Å²) in [7, 11) is 1.79. The Kier molecular flexibility index (Phi) is 3.90. The van der Waals surface area contributed by atoms with Crippen LogP contribution in [0.3, 0.4) is 0 Å². The van der Waals surface area contributed by atoms with Crippen LogP contribution < -0.4 is 0 Å². The summed E-state index contributed by atoms with van der Waals surface area (Å²) < 4.78 is 1.62. The third-order valence-electron chi connectivity index (χ3n) is 4.33. The molecule has 1 aliphatic rings. The highest BCUT2D eigenvalue weighted by molar-refractivity contribution is 6.30. The fourth-order valence-corrected chi connectivity index (χ4v) is 3.54. The van der Waals surface area contributed by atoms with Crippen molar-refractivity contribution in [3.63, 3.8) is 0 Å². The Hall–Kier alpha value is -1.03. The van der Waals surface area contributed by atoms with Gasteiger partial charge in [-0.25, -0.2) is 0 Å². The van der Waals surface area contributed by atoms with Crippen molar-refractivity contribution in [3.8, 4) is 0 Å². The Bertz CT molecular complexity index is 498. The van der Waals surface area contributed by atoms with E-state index in [1.165, 1.54) is 0 Å². The van der Waals surface area contributed by atoms with E-state index in [1.807, 2.05) is 6.92 Å². The molecule has 2 unspecified atom stereocenters. The van der Waals surface area contributed by atoms with Crippen LogP contribution in [-0.2, 0) is 18.3 Å². The molecule has 19 heavy (non-hydrogen) atoms. The van der Waals surface area contributed by atoms with Crippen LogP contribution >= 0.6 is 11.6 Å². The van der Waals surface area contributed by atoms with Crippen molar-refractivity contribution >= 4 is 17.6 Å². The number of rotatable bonds is 3. The molecule has 0 saturated heterocycles. The Morgan fingerprint density at radius 3 is 2.79 bits per heavy atom. The minimum Gasteiger partial charge on any atom is -0.481 e. The van der Waals surface area contributed by atoms with E-state index in [0.29, 0.717) is 17.5 Å². The number of hydrogen-bond acceptors (Lipinski definition) is 2. The zero-order valence-electron chi connectivity index (χ0n) is 11.7. The number of halogens is 1. The van der Waals surface area contributed by atoms with Gasteiger partial charge in [0.25, 0.3) is 0 Å². The quantitative estimate of drug-likeness (QED) is 0.927. The number of carboxylic acids is 1. The lowest BCUT2D eigenvalue weighted by Crippen LogP contribution is -2.38. The third-order valence-corrected chi connectivity index (χ3v) is 4.80. The molecule has 0 bridgehead atoms. The van der Waals surface area contributed by atoms with Gasteiger partial charge in [-0.15, -0.1) is 0 Å². The van der Waals surface area contributed by atoms with Gasteiger partial charge in [0.2, 0.25) is 0 Å². The van der Waals surface area contributed by atoms with Crippen molar-refractivity contribution in [2.24, 2.45) is 18.4 Å². The molecular formula is C14H21ClN2O2. The molecule has 0 spiro atoms. The summed E-state index contributed by atoms with van der Waals surface area (Å²) >= 11 is 6.24. The Morgan fingerprint density at radius 1 is 1.63 bits per heavy atom. The summed E-state index contributed by atoms with van der Waals surface area (Å²) in [6.45, 7) is 4.03. The molecule has 1 aromatic heterocycles. The number of hydrogen-bond donors (Lipinski definition) is 1. The average molecular weight is 285 g/mol. The standard InChI is InChI=1S/C14H21ClN2O2/c1-9-5-4-6-14(7-9,13(18)19)8-11-10(2)16-17(3)12(11)15/h9H,4-8H2,1-3H3,(H,18,19). The number of aryl methyl sites for hydroxylation is 2. The molecule has 2 atom stereocenters. The fraction of sp³-hybridized carbons (Fsp3) is 0.714. The summed E-state index contributed by atoms with van der Waals surface area (Å²) in [6, 6.07) is 0. The highest BCUT2D eigenvalue weighted by Crippen LogP contribution is 2.43. The van der Waals surface area contributed by atoms with Crippen LogP contribution in [-0.4, -0.2) is 20.9 Å². The minimum atomic E-state index is -0.696. The van der Waals surface area contributed by atoms with Gasteiger partial charge in [-0.2, -0.15) is 5.10 Å². The van der Waals surface area contributed by atoms with Gasteiger partial charge >= 0.3 is 5.97 Å². The van der Waals surface area contributed by atoms with Crippen LogP contribution in [0.1, 0.15) is 43.9 Å². The van der Waals surface area contributed by atoms with E-state index in [9.17, 15) is 9.90 Å². The molecule has 0 radical (unpaired) electrons. The lowest BCUT2D eigenvalue weighted by molar-refractivity contribution is -0.152. The van der Waals surface area contributed by atoms with Crippen molar-refractivity contribution in [2.45, 2.75) is 46.0 Å². The van der Waals surface area contributed by atoms with Crippen LogP contribution in [0.4, 0.5) is 0 Å². The van der Waals surface area contributed by atoms with Crippen molar-refractivity contribution in [3.05, 3.63) is 16.4 Å². The van der Waals surface area contributed by atoms with Gasteiger partial charge in [0.05, 0.1) is 11.1 Å². The van der Waals surface area contributed by atoms with Crippen LogP contribution in [0.15, 0.2) is 0 Å². The minimum absolute atomic E-state index is 0.459. The van der Waals surface area contributed by atoms with Gasteiger partial charge in [-0.1, -0.05) is 31.4 Å². The van der Waals surface area contributed by atoms with Gasteiger partial charge < -0.3 is 5.11 Å². The lowest BCUT2D eigenvalue weighted by Gasteiger charge is -2.36. The summed E-state index contributed by atoms with van der Waals surface area (Å²) in [5.74, 6) is -0.237. The molecular weight excluding hydrogens is 264 g/mol. The molecule has 1 fully saturated rings. The van der Waals surface area contributed by atoms with Gasteiger partial charge in [0.15, 0.2) is 0 Å². The second kappa shape index (κ2) is 5.16. The largest absolute Gasteiger partial charge is 0.481 e. The first-order valence-corrected chi connectivity index (χ1v) is 7.15. The van der Waals surface area contributed by atoms with E-state index in [1.54, 1.807) is 11.7 Å². The maximum atomic E-state index is 11.8. The molecule has 1 aromatic rings. The summed E-state index contributed by atoms with van der Waals surface area (Å²) in [5.41, 5.74) is 1.06. The Labute approximate surface area is 118 Å². The second-order valence-electron chi connectivity index (χ2n) is 5.94. The zero-order chi connectivity index (χ0) is 14.2. The highest BCUT2D eigenvalue weighted by Gasteiger charge is 2.43. The normalized spacial score (nSPS) is 27.5. The molecule has 0 amide bonds. The summed E-state index contributed by atoms with van der Waals surface area (Å²) in [4.78, 5) is 11.8. The van der Waals surface area contributed by atoms with E-state index >= 15 is 0 Å². The topological polar surface area (TPSA) is 55.1 Å². The molecule has 0 aliphatic heterocycles. The predicted octanol–water partition coefficient (Wildman–Crippen LogP) is 3.21. The summed E-state index contributed by atoms with van der Waals surface area (Å²) in [5, 5.41) is 14.5. The van der Waals surface area contributed by atoms with Crippen LogP contribution in [0.25, 0.3) is 0 Å². The molecule has 0 aromatic carbocycles. The first-order chi connectivity index (χ1) is 8.85. The number of aromatic nitrogens is 2.